The van der Waals surface area contributed by atoms with Gasteiger partial charge in [-0.2, -0.15) is 0 Å². The Kier molecular flexibility index (Phi) is 5.66. The van der Waals surface area contributed by atoms with E-state index in [-0.39, 0.29) is 6.04 Å². The first kappa shape index (κ1) is 11.4. The third kappa shape index (κ3) is 6.12. The van der Waals surface area contributed by atoms with Crippen LogP contribution in [0.3, 0.4) is 0 Å². The molecule has 1 atom stereocenters. The Bertz CT molecular complexity index is 128. The molecule has 12 heavy (non-hydrogen) atoms. The van der Waals surface area contributed by atoms with E-state index in [1.165, 1.54) is 0 Å². The molecule has 4 heteroatoms. The lowest BCUT2D eigenvalue weighted by Crippen LogP contribution is -2.29. The van der Waals surface area contributed by atoms with Crippen molar-refractivity contribution in [2.75, 3.05) is 27.7 Å². The van der Waals surface area contributed by atoms with E-state index in [4.69, 9.17) is 5.11 Å². The van der Waals surface area contributed by atoms with Crippen molar-refractivity contribution in [2.45, 2.75) is 18.9 Å². The standard InChI is InChI=1S/C5H9NO2.C3H9N/c7-5(8)4-2-1-3-6-4;1-4(2)3/h4,6H,1-3H2,(H,7,8);1-3H3. The van der Waals surface area contributed by atoms with Crippen LogP contribution < -0.4 is 5.32 Å². The van der Waals surface area contributed by atoms with Crippen LogP contribution in [0, 0.1) is 0 Å². The van der Waals surface area contributed by atoms with E-state index in [1.54, 1.807) is 0 Å². The molecule has 1 heterocycles. The maximum absolute atomic E-state index is 10.1. The van der Waals surface area contributed by atoms with Crippen LogP contribution in [0.2, 0.25) is 0 Å². The molecule has 1 aliphatic heterocycles. The number of hydrogen-bond acceptors (Lipinski definition) is 3. The maximum atomic E-state index is 10.1. The first-order chi connectivity index (χ1) is 5.54. The van der Waals surface area contributed by atoms with Crippen molar-refractivity contribution in [2.24, 2.45) is 0 Å². The first-order valence-electron chi connectivity index (χ1n) is 4.11. The zero-order valence-corrected chi connectivity index (χ0v) is 8.00. The number of carboxylic acids is 1. The van der Waals surface area contributed by atoms with Crippen LogP contribution in [0.1, 0.15) is 12.8 Å². The van der Waals surface area contributed by atoms with Gasteiger partial charge in [0.1, 0.15) is 6.04 Å². The zero-order chi connectivity index (χ0) is 9.56. The molecule has 1 fully saturated rings. The quantitative estimate of drug-likeness (QED) is 0.587. The molecule has 0 aromatic rings. The minimum Gasteiger partial charge on any atom is -0.480 e. The average molecular weight is 174 g/mol. The summed E-state index contributed by atoms with van der Waals surface area (Å²) in [5, 5.41) is 11.2. The maximum Gasteiger partial charge on any atom is 0.320 e. The number of carboxylic acid groups (broad SMARTS) is 1. The van der Waals surface area contributed by atoms with E-state index in [0.29, 0.717) is 0 Å². The van der Waals surface area contributed by atoms with Crippen molar-refractivity contribution in [1.82, 2.24) is 10.2 Å². The van der Waals surface area contributed by atoms with Gasteiger partial charge in [-0.25, -0.2) is 0 Å². The number of hydrogen-bond donors (Lipinski definition) is 2. The Labute approximate surface area is 73.6 Å². The fraction of sp³-hybridized carbons (Fsp3) is 0.875. The highest BCUT2D eigenvalue weighted by molar-refractivity contribution is 5.73. The van der Waals surface area contributed by atoms with E-state index in [0.717, 1.165) is 19.4 Å². The smallest absolute Gasteiger partial charge is 0.320 e. The van der Waals surface area contributed by atoms with Gasteiger partial charge in [0.05, 0.1) is 0 Å². The Morgan fingerprint density at radius 1 is 1.50 bits per heavy atom. The van der Waals surface area contributed by atoms with Gasteiger partial charge in [-0.15, -0.1) is 0 Å². The Hall–Kier alpha value is -0.610. The van der Waals surface area contributed by atoms with Crippen LogP contribution in [0.25, 0.3) is 0 Å². The number of carbonyl (C=O) groups is 1. The second-order valence-corrected chi connectivity index (χ2v) is 3.33. The Morgan fingerprint density at radius 3 is 2.17 bits per heavy atom. The number of rotatable bonds is 1. The summed E-state index contributed by atoms with van der Waals surface area (Å²) >= 11 is 0. The molecule has 0 aromatic heterocycles. The van der Waals surface area contributed by atoms with Gasteiger partial charge in [0.2, 0.25) is 0 Å². The normalized spacial score (nSPS) is 21.8. The molecule has 0 amide bonds. The summed E-state index contributed by atoms with van der Waals surface area (Å²) in [5.41, 5.74) is 0. The molecule has 0 radical (unpaired) electrons. The van der Waals surface area contributed by atoms with Gasteiger partial charge in [-0.1, -0.05) is 0 Å². The molecule has 0 spiro atoms. The molecule has 1 aliphatic rings. The molecule has 1 rings (SSSR count). The molecule has 0 aromatic carbocycles. The van der Waals surface area contributed by atoms with Gasteiger partial charge >= 0.3 is 5.97 Å². The van der Waals surface area contributed by atoms with Gasteiger partial charge in [0.15, 0.2) is 0 Å². The lowest BCUT2D eigenvalue weighted by atomic mass is 10.2. The van der Waals surface area contributed by atoms with Crippen LogP contribution in [0.5, 0.6) is 0 Å². The molecule has 2 N–H and O–H groups in total. The van der Waals surface area contributed by atoms with Gasteiger partial charge in [-0.3, -0.25) is 4.79 Å². The van der Waals surface area contributed by atoms with Crippen LogP contribution in [0.15, 0.2) is 0 Å². The molecule has 0 saturated carbocycles. The van der Waals surface area contributed by atoms with Crippen molar-refractivity contribution in [3.8, 4) is 0 Å². The van der Waals surface area contributed by atoms with Crippen LogP contribution >= 0.6 is 0 Å². The molecule has 0 bridgehead atoms. The highest BCUT2D eigenvalue weighted by atomic mass is 16.4. The zero-order valence-electron chi connectivity index (χ0n) is 8.00. The minimum absolute atomic E-state index is 0.269. The summed E-state index contributed by atoms with van der Waals surface area (Å²) in [7, 11) is 6.00. The van der Waals surface area contributed by atoms with Gasteiger partial charge in [-0.05, 0) is 40.5 Å². The summed E-state index contributed by atoms with van der Waals surface area (Å²) in [6, 6.07) is -0.269. The second kappa shape index (κ2) is 5.97. The molecule has 1 unspecified atom stereocenters. The van der Waals surface area contributed by atoms with Crippen molar-refractivity contribution in [3.05, 3.63) is 0 Å². The predicted octanol–water partition coefficient (Wildman–Crippen LogP) is 0.000800. The fourth-order valence-electron chi connectivity index (χ4n) is 0.895. The molecular weight excluding hydrogens is 156 g/mol. The predicted molar refractivity (Wildman–Crippen MR) is 48.3 cm³/mol. The van der Waals surface area contributed by atoms with Crippen molar-refractivity contribution < 1.29 is 9.90 Å². The number of aliphatic carboxylic acids is 1. The van der Waals surface area contributed by atoms with E-state index >= 15 is 0 Å². The van der Waals surface area contributed by atoms with Gasteiger partial charge in [0, 0.05) is 0 Å². The van der Waals surface area contributed by atoms with Crippen LogP contribution in [-0.2, 0) is 4.79 Å². The summed E-state index contributed by atoms with van der Waals surface area (Å²) in [6.07, 6.45) is 1.78. The lowest BCUT2D eigenvalue weighted by Gasteiger charge is -1.99. The monoisotopic (exact) mass is 174 g/mol. The molecule has 0 aliphatic carbocycles. The summed E-state index contributed by atoms with van der Waals surface area (Å²) < 4.78 is 0. The fourth-order valence-corrected chi connectivity index (χ4v) is 0.895. The van der Waals surface area contributed by atoms with E-state index < -0.39 is 5.97 Å². The first-order valence-corrected chi connectivity index (χ1v) is 4.11. The van der Waals surface area contributed by atoms with Crippen molar-refractivity contribution in [1.29, 1.82) is 0 Å². The number of nitrogens with zero attached hydrogens (tertiary/aromatic N) is 1. The molecular formula is C8H18N2O2. The van der Waals surface area contributed by atoms with Crippen LogP contribution in [0.4, 0.5) is 0 Å². The molecule has 72 valence electrons. The topological polar surface area (TPSA) is 52.6 Å². The second-order valence-electron chi connectivity index (χ2n) is 3.33. The largest absolute Gasteiger partial charge is 0.480 e. The van der Waals surface area contributed by atoms with E-state index in [1.807, 2.05) is 26.0 Å². The SMILES string of the molecule is CN(C)C.O=C(O)C1CCCN1. The summed E-state index contributed by atoms with van der Waals surface area (Å²) in [6.45, 7) is 0.858. The van der Waals surface area contributed by atoms with E-state index in [9.17, 15) is 4.79 Å². The summed E-state index contributed by atoms with van der Waals surface area (Å²) in [4.78, 5) is 12.1. The average Bonchev–Trinajstić information content (AvgIpc) is 2.34. The van der Waals surface area contributed by atoms with Crippen molar-refractivity contribution in [3.63, 3.8) is 0 Å². The van der Waals surface area contributed by atoms with Gasteiger partial charge in [0.25, 0.3) is 0 Å². The highest BCUT2D eigenvalue weighted by Gasteiger charge is 2.20. The van der Waals surface area contributed by atoms with Crippen molar-refractivity contribution >= 4 is 5.97 Å². The van der Waals surface area contributed by atoms with E-state index in [2.05, 4.69) is 5.32 Å². The third-order valence-electron chi connectivity index (χ3n) is 1.36. The number of nitrogens with one attached hydrogen (secondary N) is 1. The third-order valence-corrected chi connectivity index (χ3v) is 1.36. The minimum atomic E-state index is -0.720. The summed E-state index contributed by atoms with van der Waals surface area (Å²) in [5.74, 6) is -0.720. The lowest BCUT2D eigenvalue weighted by molar-refractivity contribution is -0.139. The molecule has 1 saturated heterocycles. The van der Waals surface area contributed by atoms with Crippen LogP contribution in [-0.4, -0.2) is 49.7 Å². The Balaban J connectivity index is 0.000000261. The Morgan fingerprint density at radius 2 is 2.00 bits per heavy atom. The molecule has 4 nitrogen and oxygen atoms in total. The highest BCUT2D eigenvalue weighted by Crippen LogP contribution is 2.03. The van der Waals surface area contributed by atoms with Gasteiger partial charge < -0.3 is 15.3 Å².